The third kappa shape index (κ3) is 5.44. The van der Waals surface area contributed by atoms with Gasteiger partial charge in [-0.15, -0.1) is 0 Å². The largest absolute Gasteiger partial charge is 0.378 e. The molecule has 0 spiro atoms. The molecule has 1 heterocycles. The molecule has 0 aromatic carbocycles. The highest BCUT2D eigenvalue weighted by atomic mass is 16.5. The standard InChI is InChI=1S/C16H25N3O2/c1-12-9-13(11-18-10-12)16(20)19-7-2-8-21-15-5-3-14(17)4-6-15/h9-11,14-15H,2-8,17H2,1H3,(H,19,20). The average molecular weight is 291 g/mol. The monoisotopic (exact) mass is 291 g/mol. The number of hydrogen-bond acceptors (Lipinski definition) is 4. The summed E-state index contributed by atoms with van der Waals surface area (Å²) in [7, 11) is 0. The fourth-order valence-corrected chi connectivity index (χ4v) is 2.56. The molecule has 116 valence electrons. The van der Waals surface area contributed by atoms with Crippen molar-refractivity contribution in [1.29, 1.82) is 0 Å². The van der Waals surface area contributed by atoms with Crippen molar-refractivity contribution in [2.24, 2.45) is 5.73 Å². The summed E-state index contributed by atoms with van der Waals surface area (Å²) in [5.74, 6) is -0.0742. The van der Waals surface area contributed by atoms with E-state index in [0.717, 1.165) is 37.7 Å². The first kappa shape index (κ1) is 15.9. The Morgan fingerprint density at radius 1 is 1.38 bits per heavy atom. The SMILES string of the molecule is Cc1cncc(C(=O)NCCCOC2CCC(N)CC2)c1. The second-order valence-corrected chi connectivity index (χ2v) is 5.77. The van der Waals surface area contributed by atoms with E-state index in [-0.39, 0.29) is 5.91 Å². The van der Waals surface area contributed by atoms with Crippen molar-refractivity contribution in [2.75, 3.05) is 13.2 Å². The predicted molar refractivity (Wildman–Crippen MR) is 82.1 cm³/mol. The van der Waals surface area contributed by atoms with Crippen LogP contribution in [0.4, 0.5) is 0 Å². The Kier molecular flexibility index (Phi) is 6.14. The number of hydrogen-bond donors (Lipinski definition) is 2. The molecule has 1 amide bonds. The van der Waals surface area contributed by atoms with E-state index < -0.39 is 0 Å². The van der Waals surface area contributed by atoms with Gasteiger partial charge >= 0.3 is 0 Å². The number of aromatic nitrogens is 1. The highest BCUT2D eigenvalue weighted by Gasteiger charge is 2.18. The molecule has 5 nitrogen and oxygen atoms in total. The maximum Gasteiger partial charge on any atom is 0.252 e. The molecular weight excluding hydrogens is 266 g/mol. The van der Waals surface area contributed by atoms with Crippen LogP contribution in [0.5, 0.6) is 0 Å². The third-order valence-electron chi connectivity index (χ3n) is 3.82. The maximum absolute atomic E-state index is 11.9. The van der Waals surface area contributed by atoms with Crippen molar-refractivity contribution in [2.45, 2.75) is 51.2 Å². The summed E-state index contributed by atoms with van der Waals surface area (Å²) in [6.45, 7) is 3.24. The number of rotatable bonds is 6. The number of aryl methyl sites for hydroxylation is 1. The number of nitrogens with zero attached hydrogens (tertiary/aromatic N) is 1. The summed E-state index contributed by atoms with van der Waals surface area (Å²) < 4.78 is 5.82. The van der Waals surface area contributed by atoms with Gasteiger partial charge < -0.3 is 15.8 Å². The molecule has 1 aliphatic rings. The zero-order chi connectivity index (χ0) is 15.1. The minimum Gasteiger partial charge on any atom is -0.378 e. The van der Waals surface area contributed by atoms with Crippen LogP contribution in [-0.4, -0.2) is 36.2 Å². The highest BCUT2D eigenvalue weighted by Crippen LogP contribution is 2.19. The maximum atomic E-state index is 11.9. The zero-order valence-electron chi connectivity index (χ0n) is 12.7. The van der Waals surface area contributed by atoms with Gasteiger partial charge in [0.15, 0.2) is 0 Å². The van der Waals surface area contributed by atoms with Gasteiger partial charge in [0, 0.05) is 31.6 Å². The Hall–Kier alpha value is -1.46. The summed E-state index contributed by atoms with van der Waals surface area (Å²) in [6, 6.07) is 2.19. The quantitative estimate of drug-likeness (QED) is 0.783. The summed E-state index contributed by atoms with van der Waals surface area (Å²) in [5, 5.41) is 2.89. The summed E-state index contributed by atoms with van der Waals surface area (Å²) >= 11 is 0. The normalized spacial score (nSPS) is 22.0. The Balaban J connectivity index is 1.58. The lowest BCUT2D eigenvalue weighted by molar-refractivity contribution is 0.0241. The fraction of sp³-hybridized carbons (Fsp3) is 0.625. The molecule has 0 bridgehead atoms. The second kappa shape index (κ2) is 8.10. The topological polar surface area (TPSA) is 77.2 Å². The van der Waals surface area contributed by atoms with Gasteiger partial charge in [-0.25, -0.2) is 0 Å². The van der Waals surface area contributed by atoms with E-state index in [0.29, 0.717) is 30.9 Å². The molecule has 21 heavy (non-hydrogen) atoms. The van der Waals surface area contributed by atoms with Gasteiger partial charge in [-0.1, -0.05) is 0 Å². The fourth-order valence-electron chi connectivity index (χ4n) is 2.56. The van der Waals surface area contributed by atoms with Gasteiger partial charge in [-0.2, -0.15) is 0 Å². The number of amides is 1. The van der Waals surface area contributed by atoms with Crippen molar-refractivity contribution in [3.05, 3.63) is 29.6 Å². The van der Waals surface area contributed by atoms with Crippen LogP contribution in [0.3, 0.4) is 0 Å². The average Bonchev–Trinajstić information content (AvgIpc) is 2.48. The third-order valence-corrected chi connectivity index (χ3v) is 3.82. The Morgan fingerprint density at radius 2 is 2.14 bits per heavy atom. The van der Waals surface area contributed by atoms with Crippen LogP contribution < -0.4 is 11.1 Å². The molecule has 1 saturated carbocycles. The van der Waals surface area contributed by atoms with Crippen molar-refractivity contribution >= 4 is 5.91 Å². The van der Waals surface area contributed by atoms with Crippen LogP contribution in [0.15, 0.2) is 18.5 Å². The Bertz CT molecular complexity index is 457. The molecule has 1 aromatic rings. The summed E-state index contributed by atoms with van der Waals surface area (Å²) in [6.07, 6.45) is 8.73. The number of nitrogens with one attached hydrogen (secondary N) is 1. The van der Waals surface area contributed by atoms with Crippen molar-refractivity contribution in [3.63, 3.8) is 0 Å². The van der Waals surface area contributed by atoms with Gasteiger partial charge in [0.1, 0.15) is 0 Å². The van der Waals surface area contributed by atoms with Gasteiger partial charge in [-0.05, 0) is 50.7 Å². The molecular formula is C16H25N3O2. The van der Waals surface area contributed by atoms with E-state index in [2.05, 4.69) is 10.3 Å². The second-order valence-electron chi connectivity index (χ2n) is 5.77. The lowest BCUT2D eigenvalue weighted by atomic mass is 9.94. The first-order valence-corrected chi connectivity index (χ1v) is 7.72. The number of nitrogens with two attached hydrogens (primary N) is 1. The number of pyridine rings is 1. The molecule has 1 aromatic heterocycles. The van der Waals surface area contributed by atoms with Crippen LogP contribution in [0.25, 0.3) is 0 Å². The van der Waals surface area contributed by atoms with E-state index in [1.54, 1.807) is 12.4 Å². The minimum absolute atomic E-state index is 0.0742. The van der Waals surface area contributed by atoms with Crippen molar-refractivity contribution in [3.8, 4) is 0 Å². The zero-order valence-corrected chi connectivity index (χ0v) is 12.7. The van der Waals surface area contributed by atoms with Crippen LogP contribution in [0.1, 0.15) is 48.0 Å². The lowest BCUT2D eigenvalue weighted by Gasteiger charge is -2.26. The molecule has 3 N–H and O–H groups in total. The Morgan fingerprint density at radius 3 is 2.86 bits per heavy atom. The number of carbonyl (C=O) groups excluding carboxylic acids is 1. The van der Waals surface area contributed by atoms with E-state index in [1.165, 1.54) is 0 Å². The van der Waals surface area contributed by atoms with E-state index in [9.17, 15) is 4.79 Å². The van der Waals surface area contributed by atoms with Gasteiger partial charge in [-0.3, -0.25) is 9.78 Å². The molecule has 0 radical (unpaired) electrons. The van der Waals surface area contributed by atoms with Crippen LogP contribution in [0.2, 0.25) is 0 Å². The van der Waals surface area contributed by atoms with Crippen LogP contribution in [-0.2, 0) is 4.74 Å². The van der Waals surface area contributed by atoms with Gasteiger partial charge in [0.05, 0.1) is 11.7 Å². The van der Waals surface area contributed by atoms with Crippen LogP contribution >= 0.6 is 0 Å². The molecule has 2 rings (SSSR count). The van der Waals surface area contributed by atoms with Crippen LogP contribution in [0, 0.1) is 6.92 Å². The molecule has 1 fully saturated rings. The highest BCUT2D eigenvalue weighted by molar-refractivity contribution is 5.93. The number of ether oxygens (including phenoxy) is 1. The van der Waals surface area contributed by atoms with Crippen molar-refractivity contribution in [1.82, 2.24) is 10.3 Å². The molecule has 0 aliphatic heterocycles. The van der Waals surface area contributed by atoms with E-state index in [1.807, 2.05) is 13.0 Å². The molecule has 0 unspecified atom stereocenters. The predicted octanol–water partition coefficient (Wildman–Crippen LogP) is 1.80. The molecule has 1 aliphatic carbocycles. The molecule has 0 atom stereocenters. The van der Waals surface area contributed by atoms with E-state index >= 15 is 0 Å². The number of carbonyl (C=O) groups is 1. The van der Waals surface area contributed by atoms with Crippen molar-refractivity contribution < 1.29 is 9.53 Å². The Labute approximate surface area is 126 Å². The van der Waals surface area contributed by atoms with Gasteiger partial charge in [0.2, 0.25) is 0 Å². The summed E-state index contributed by atoms with van der Waals surface area (Å²) in [4.78, 5) is 15.9. The minimum atomic E-state index is -0.0742. The van der Waals surface area contributed by atoms with E-state index in [4.69, 9.17) is 10.5 Å². The smallest absolute Gasteiger partial charge is 0.252 e. The molecule has 0 saturated heterocycles. The summed E-state index contributed by atoms with van der Waals surface area (Å²) in [5.41, 5.74) is 7.46. The molecule has 5 heteroatoms. The first-order chi connectivity index (χ1) is 10.1. The van der Waals surface area contributed by atoms with Gasteiger partial charge in [0.25, 0.3) is 5.91 Å². The first-order valence-electron chi connectivity index (χ1n) is 7.72. The lowest BCUT2D eigenvalue weighted by Crippen LogP contribution is -2.31.